The van der Waals surface area contributed by atoms with E-state index < -0.39 is 29.6 Å². The number of aliphatic carboxylic acids is 1. The summed E-state index contributed by atoms with van der Waals surface area (Å²) in [6.07, 6.45) is -0.332. The second kappa shape index (κ2) is 6.50. The number of carbonyl (C=O) groups excluding carboxylic acids is 2. The molecule has 0 heterocycles. The minimum Gasteiger partial charge on any atom is -0.480 e. The third-order valence-corrected chi connectivity index (χ3v) is 2.55. The first-order valence-corrected chi connectivity index (χ1v) is 5.68. The van der Waals surface area contributed by atoms with Gasteiger partial charge in [0.05, 0.1) is 5.69 Å². The van der Waals surface area contributed by atoms with Crippen molar-refractivity contribution >= 4 is 23.5 Å². The summed E-state index contributed by atoms with van der Waals surface area (Å²) in [5.74, 6) is -3.54. The number of benzene rings is 1. The van der Waals surface area contributed by atoms with Crippen molar-refractivity contribution in [3.8, 4) is 0 Å². The number of carboxylic acid groups (broad SMARTS) is 1. The zero-order valence-electron chi connectivity index (χ0n) is 10.4. The van der Waals surface area contributed by atoms with E-state index in [0.29, 0.717) is 0 Å². The van der Waals surface area contributed by atoms with Gasteiger partial charge in [-0.15, -0.1) is 0 Å². The number of carboxylic acids is 1. The molecule has 1 atom stereocenters. The van der Waals surface area contributed by atoms with Gasteiger partial charge in [0.15, 0.2) is 0 Å². The van der Waals surface area contributed by atoms with Crippen LogP contribution in [0.15, 0.2) is 18.2 Å². The Hall–Kier alpha value is -2.64. The fourth-order valence-corrected chi connectivity index (χ4v) is 1.45. The SMILES string of the molecule is NC(=O)CC[C@@H](NC(=O)c1ccc(N)c(F)c1)C(=O)O. The lowest BCUT2D eigenvalue weighted by Crippen LogP contribution is -2.41. The lowest BCUT2D eigenvalue weighted by molar-refractivity contribution is -0.139. The Labute approximate surface area is 113 Å². The van der Waals surface area contributed by atoms with Gasteiger partial charge in [-0.2, -0.15) is 0 Å². The van der Waals surface area contributed by atoms with Crippen LogP contribution in [0.5, 0.6) is 0 Å². The lowest BCUT2D eigenvalue weighted by atomic mass is 10.1. The molecule has 1 aromatic rings. The number of anilines is 1. The summed E-state index contributed by atoms with van der Waals surface area (Å²) in [7, 11) is 0. The molecular weight excluding hydrogens is 269 g/mol. The van der Waals surface area contributed by atoms with E-state index in [4.69, 9.17) is 16.6 Å². The molecule has 6 N–H and O–H groups in total. The molecule has 7 nitrogen and oxygen atoms in total. The van der Waals surface area contributed by atoms with Crippen molar-refractivity contribution in [2.24, 2.45) is 5.73 Å². The molecule has 0 saturated heterocycles. The zero-order valence-corrected chi connectivity index (χ0v) is 10.4. The van der Waals surface area contributed by atoms with Crippen molar-refractivity contribution in [2.75, 3.05) is 5.73 Å². The number of hydrogen-bond donors (Lipinski definition) is 4. The van der Waals surface area contributed by atoms with Crippen LogP contribution in [0.1, 0.15) is 23.2 Å². The maximum absolute atomic E-state index is 13.2. The van der Waals surface area contributed by atoms with E-state index in [1.54, 1.807) is 0 Å². The van der Waals surface area contributed by atoms with Gasteiger partial charge in [-0.3, -0.25) is 9.59 Å². The molecule has 0 aliphatic heterocycles. The average Bonchev–Trinajstić information content (AvgIpc) is 2.36. The molecule has 8 heteroatoms. The summed E-state index contributed by atoms with van der Waals surface area (Å²) in [5.41, 5.74) is 9.99. The number of halogens is 1. The standard InChI is InChI=1S/C12H14FN3O4/c13-7-5-6(1-2-8(7)14)11(18)16-9(12(19)20)3-4-10(15)17/h1-2,5,9H,3-4,14H2,(H2,15,17)(H,16,18)(H,19,20)/t9-/m1/s1. The minimum atomic E-state index is -1.31. The van der Waals surface area contributed by atoms with Crippen LogP contribution < -0.4 is 16.8 Å². The Balaban J connectivity index is 2.77. The van der Waals surface area contributed by atoms with Crippen LogP contribution in [0.4, 0.5) is 10.1 Å². The molecule has 1 aromatic carbocycles. The summed E-state index contributed by atoms with van der Waals surface area (Å²) in [6.45, 7) is 0. The highest BCUT2D eigenvalue weighted by atomic mass is 19.1. The number of primary amides is 1. The lowest BCUT2D eigenvalue weighted by Gasteiger charge is -2.13. The number of nitrogens with two attached hydrogens (primary N) is 2. The highest BCUT2D eigenvalue weighted by molar-refractivity contribution is 5.97. The normalized spacial score (nSPS) is 11.7. The van der Waals surface area contributed by atoms with Gasteiger partial charge >= 0.3 is 5.97 Å². The first-order chi connectivity index (χ1) is 9.31. The summed E-state index contributed by atoms with van der Waals surface area (Å²) in [6, 6.07) is 2.08. The van der Waals surface area contributed by atoms with Gasteiger partial charge in [0.2, 0.25) is 5.91 Å². The third-order valence-electron chi connectivity index (χ3n) is 2.55. The van der Waals surface area contributed by atoms with Crippen molar-refractivity contribution in [1.82, 2.24) is 5.32 Å². The van der Waals surface area contributed by atoms with Crippen LogP contribution in [0.3, 0.4) is 0 Å². The summed E-state index contributed by atoms with van der Waals surface area (Å²) in [5, 5.41) is 11.1. The zero-order chi connectivity index (χ0) is 15.3. The van der Waals surface area contributed by atoms with Gasteiger partial charge in [-0.25, -0.2) is 9.18 Å². The number of carbonyl (C=O) groups is 3. The number of rotatable bonds is 6. The Morgan fingerprint density at radius 2 is 2.00 bits per heavy atom. The van der Waals surface area contributed by atoms with Crippen LogP contribution in [0, 0.1) is 5.82 Å². The van der Waals surface area contributed by atoms with Crippen molar-refractivity contribution < 1.29 is 23.9 Å². The molecule has 0 fully saturated rings. The topological polar surface area (TPSA) is 136 Å². The van der Waals surface area contributed by atoms with Gasteiger partial charge < -0.3 is 21.9 Å². The van der Waals surface area contributed by atoms with E-state index >= 15 is 0 Å². The molecule has 0 spiro atoms. The van der Waals surface area contributed by atoms with Gasteiger partial charge in [-0.05, 0) is 24.6 Å². The average molecular weight is 283 g/mol. The maximum Gasteiger partial charge on any atom is 0.326 e. The molecule has 0 bridgehead atoms. The van der Waals surface area contributed by atoms with Crippen LogP contribution in [-0.4, -0.2) is 28.9 Å². The number of hydrogen-bond acceptors (Lipinski definition) is 4. The smallest absolute Gasteiger partial charge is 0.326 e. The molecule has 0 aliphatic rings. The molecule has 108 valence electrons. The Kier molecular flexibility index (Phi) is 5.01. The van der Waals surface area contributed by atoms with Crippen LogP contribution in [-0.2, 0) is 9.59 Å². The van der Waals surface area contributed by atoms with E-state index in [2.05, 4.69) is 5.32 Å². The second-order valence-corrected chi connectivity index (χ2v) is 4.11. The fourth-order valence-electron chi connectivity index (χ4n) is 1.45. The maximum atomic E-state index is 13.2. The second-order valence-electron chi connectivity index (χ2n) is 4.11. The van der Waals surface area contributed by atoms with Crippen LogP contribution >= 0.6 is 0 Å². The van der Waals surface area contributed by atoms with Crippen LogP contribution in [0.2, 0.25) is 0 Å². The third kappa shape index (κ3) is 4.23. The van der Waals surface area contributed by atoms with E-state index in [9.17, 15) is 18.8 Å². The predicted molar refractivity (Wildman–Crippen MR) is 68.1 cm³/mol. The molecule has 0 radical (unpaired) electrons. The number of amides is 2. The summed E-state index contributed by atoms with van der Waals surface area (Å²) < 4.78 is 13.2. The molecule has 2 amide bonds. The highest BCUT2D eigenvalue weighted by Gasteiger charge is 2.21. The number of nitrogen functional groups attached to an aromatic ring is 1. The Bertz CT molecular complexity index is 548. The first kappa shape index (κ1) is 15.4. The van der Waals surface area contributed by atoms with E-state index in [0.717, 1.165) is 6.07 Å². The largest absolute Gasteiger partial charge is 0.480 e. The molecule has 0 aliphatic carbocycles. The van der Waals surface area contributed by atoms with Crippen molar-refractivity contribution in [1.29, 1.82) is 0 Å². The number of nitrogens with one attached hydrogen (secondary N) is 1. The van der Waals surface area contributed by atoms with Crippen molar-refractivity contribution in [2.45, 2.75) is 18.9 Å². The van der Waals surface area contributed by atoms with Gasteiger partial charge in [0.25, 0.3) is 5.91 Å². The quantitative estimate of drug-likeness (QED) is 0.539. The van der Waals surface area contributed by atoms with Gasteiger partial charge in [0.1, 0.15) is 11.9 Å². The van der Waals surface area contributed by atoms with Crippen LogP contribution in [0.25, 0.3) is 0 Å². The monoisotopic (exact) mass is 283 g/mol. The highest BCUT2D eigenvalue weighted by Crippen LogP contribution is 2.12. The first-order valence-electron chi connectivity index (χ1n) is 5.68. The van der Waals surface area contributed by atoms with Crippen molar-refractivity contribution in [3.05, 3.63) is 29.6 Å². The molecule has 0 saturated carbocycles. The summed E-state index contributed by atoms with van der Waals surface area (Å²) >= 11 is 0. The Morgan fingerprint density at radius 3 is 2.50 bits per heavy atom. The fraction of sp³-hybridized carbons (Fsp3) is 0.250. The predicted octanol–water partition coefficient (Wildman–Crippen LogP) is -0.144. The van der Waals surface area contributed by atoms with Gasteiger partial charge in [0, 0.05) is 12.0 Å². The molecule has 1 rings (SSSR count). The molecule has 0 aromatic heterocycles. The molecule has 0 unspecified atom stereocenters. The van der Waals surface area contributed by atoms with E-state index in [-0.39, 0.29) is 24.1 Å². The van der Waals surface area contributed by atoms with E-state index in [1.807, 2.05) is 0 Å². The summed E-state index contributed by atoms with van der Waals surface area (Å²) in [4.78, 5) is 33.3. The van der Waals surface area contributed by atoms with Crippen molar-refractivity contribution in [3.63, 3.8) is 0 Å². The molecular formula is C12H14FN3O4. The Morgan fingerprint density at radius 1 is 1.35 bits per heavy atom. The molecule has 20 heavy (non-hydrogen) atoms. The minimum absolute atomic E-state index is 0.0676. The van der Waals surface area contributed by atoms with Gasteiger partial charge in [-0.1, -0.05) is 0 Å². The van der Waals surface area contributed by atoms with E-state index in [1.165, 1.54) is 12.1 Å².